The number of ether oxygens (including phenoxy) is 1. The van der Waals surface area contributed by atoms with Gasteiger partial charge in [0, 0.05) is 0 Å². The van der Waals surface area contributed by atoms with Crippen LogP contribution in [0.2, 0.25) is 0 Å². The third kappa shape index (κ3) is 3.43. The van der Waals surface area contributed by atoms with Crippen molar-refractivity contribution in [3.8, 4) is 0 Å². The van der Waals surface area contributed by atoms with Crippen LogP contribution in [0, 0.1) is 5.92 Å². The van der Waals surface area contributed by atoms with Gasteiger partial charge in [0.15, 0.2) is 0 Å². The van der Waals surface area contributed by atoms with Crippen LogP contribution < -0.4 is 4.72 Å². The zero-order valence-corrected chi connectivity index (χ0v) is 13.2. The van der Waals surface area contributed by atoms with Gasteiger partial charge in [0.2, 0.25) is 10.0 Å². The molecule has 0 saturated carbocycles. The highest BCUT2D eigenvalue weighted by atomic mass is 32.2. The SMILES string of the molecule is O=C1OCCC1C(NS(=O)(=O)c1ccccc1)c1ccccc1. The number of carbonyl (C=O) groups is 1. The second kappa shape index (κ2) is 6.52. The van der Waals surface area contributed by atoms with E-state index in [1.165, 1.54) is 12.1 Å². The topological polar surface area (TPSA) is 72.5 Å². The highest BCUT2D eigenvalue weighted by Crippen LogP contribution is 2.31. The first-order valence-corrected chi connectivity index (χ1v) is 8.85. The third-order valence-corrected chi connectivity index (χ3v) is 5.33. The van der Waals surface area contributed by atoms with Crippen molar-refractivity contribution >= 4 is 16.0 Å². The van der Waals surface area contributed by atoms with Gasteiger partial charge in [0.05, 0.1) is 23.5 Å². The Bertz CT molecular complexity index is 775. The number of cyclic esters (lactones) is 1. The normalized spacial score (nSPS) is 19.3. The van der Waals surface area contributed by atoms with Crippen LogP contribution in [0.4, 0.5) is 0 Å². The molecule has 0 radical (unpaired) electrons. The highest BCUT2D eigenvalue weighted by molar-refractivity contribution is 7.89. The minimum atomic E-state index is -3.73. The molecule has 0 bridgehead atoms. The molecule has 0 amide bonds. The van der Waals surface area contributed by atoms with Gasteiger partial charge in [-0.25, -0.2) is 13.1 Å². The largest absolute Gasteiger partial charge is 0.465 e. The molecule has 0 spiro atoms. The van der Waals surface area contributed by atoms with E-state index in [1.54, 1.807) is 18.2 Å². The fourth-order valence-corrected chi connectivity index (χ4v) is 3.98. The van der Waals surface area contributed by atoms with Gasteiger partial charge in [0.25, 0.3) is 0 Å². The Labute approximate surface area is 135 Å². The lowest BCUT2D eigenvalue weighted by atomic mass is 9.93. The van der Waals surface area contributed by atoms with E-state index in [9.17, 15) is 13.2 Å². The molecule has 2 aromatic rings. The first kappa shape index (κ1) is 15.7. The Morgan fingerprint density at radius 1 is 1.00 bits per heavy atom. The number of hydrogen-bond acceptors (Lipinski definition) is 4. The van der Waals surface area contributed by atoms with Gasteiger partial charge in [-0.3, -0.25) is 4.79 Å². The molecule has 1 saturated heterocycles. The van der Waals surface area contributed by atoms with E-state index in [4.69, 9.17) is 4.74 Å². The van der Waals surface area contributed by atoms with E-state index in [-0.39, 0.29) is 10.9 Å². The smallest absolute Gasteiger partial charge is 0.311 e. The molecular formula is C17H17NO4S. The van der Waals surface area contributed by atoms with Crippen LogP contribution in [0.25, 0.3) is 0 Å². The highest BCUT2D eigenvalue weighted by Gasteiger charge is 2.37. The van der Waals surface area contributed by atoms with Crippen LogP contribution >= 0.6 is 0 Å². The van der Waals surface area contributed by atoms with Crippen LogP contribution in [0.3, 0.4) is 0 Å². The van der Waals surface area contributed by atoms with Gasteiger partial charge in [-0.05, 0) is 24.1 Å². The fourth-order valence-electron chi connectivity index (χ4n) is 2.69. The Balaban J connectivity index is 1.95. The standard InChI is InChI=1S/C17H17NO4S/c19-17-15(11-12-22-17)16(13-7-3-1-4-8-13)18-23(20,21)14-9-5-2-6-10-14/h1-10,15-16,18H,11-12H2. The Morgan fingerprint density at radius 2 is 1.61 bits per heavy atom. The lowest BCUT2D eigenvalue weighted by molar-refractivity contribution is -0.141. The average molecular weight is 331 g/mol. The average Bonchev–Trinajstić information content (AvgIpc) is 3.00. The van der Waals surface area contributed by atoms with Gasteiger partial charge >= 0.3 is 5.97 Å². The molecule has 2 atom stereocenters. The van der Waals surface area contributed by atoms with Gasteiger partial charge in [-0.1, -0.05) is 48.5 Å². The Hall–Kier alpha value is -2.18. The van der Waals surface area contributed by atoms with Crippen molar-refractivity contribution in [2.45, 2.75) is 17.4 Å². The number of esters is 1. The molecule has 1 fully saturated rings. The maximum Gasteiger partial charge on any atom is 0.311 e. The summed E-state index contributed by atoms with van der Waals surface area (Å²) in [6.45, 7) is 0.319. The summed E-state index contributed by atoms with van der Waals surface area (Å²) in [6, 6.07) is 16.6. The molecule has 6 heteroatoms. The second-order valence-corrected chi connectivity index (χ2v) is 7.10. The number of rotatable bonds is 5. The molecule has 1 heterocycles. The zero-order chi connectivity index (χ0) is 16.3. The molecular weight excluding hydrogens is 314 g/mol. The van der Waals surface area contributed by atoms with E-state index in [0.29, 0.717) is 13.0 Å². The summed E-state index contributed by atoms with van der Waals surface area (Å²) in [5.41, 5.74) is 0.746. The van der Waals surface area contributed by atoms with Crippen molar-refractivity contribution in [3.63, 3.8) is 0 Å². The number of sulfonamides is 1. The maximum atomic E-state index is 12.6. The molecule has 2 aromatic carbocycles. The Kier molecular flexibility index (Phi) is 4.45. The van der Waals surface area contributed by atoms with Crippen LogP contribution in [0.1, 0.15) is 18.0 Å². The number of benzene rings is 2. The number of nitrogens with one attached hydrogen (secondary N) is 1. The summed E-state index contributed by atoms with van der Waals surface area (Å²) in [5, 5.41) is 0. The first-order valence-electron chi connectivity index (χ1n) is 7.37. The van der Waals surface area contributed by atoms with E-state index >= 15 is 0 Å². The van der Waals surface area contributed by atoms with Gasteiger partial charge in [0.1, 0.15) is 0 Å². The Morgan fingerprint density at radius 3 is 2.17 bits per heavy atom. The minimum absolute atomic E-state index is 0.173. The van der Waals surface area contributed by atoms with Crippen LogP contribution in [-0.4, -0.2) is 21.0 Å². The summed E-state index contributed by atoms with van der Waals surface area (Å²) in [4.78, 5) is 12.1. The number of hydrogen-bond donors (Lipinski definition) is 1. The summed E-state index contributed by atoms with van der Waals surface area (Å²) >= 11 is 0. The van der Waals surface area contributed by atoms with Gasteiger partial charge in [-0.2, -0.15) is 0 Å². The lowest BCUT2D eigenvalue weighted by Gasteiger charge is -2.22. The van der Waals surface area contributed by atoms with Crippen molar-refractivity contribution in [1.82, 2.24) is 4.72 Å². The summed E-state index contributed by atoms with van der Waals surface area (Å²) in [7, 11) is -3.73. The summed E-state index contributed by atoms with van der Waals surface area (Å²) in [6.07, 6.45) is 0.496. The second-order valence-electron chi connectivity index (χ2n) is 5.39. The molecule has 0 aliphatic carbocycles. The summed E-state index contributed by atoms with van der Waals surface area (Å²) < 4.78 is 32.9. The van der Waals surface area contributed by atoms with Crippen molar-refractivity contribution < 1.29 is 17.9 Å². The molecule has 1 aliphatic rings. The van der Waals surface area contributed by atoms with Crippen LogP contribution in [-0.2, 0) is 19.6 Å². The van der Waals surface area contributed by atoms with Crippen molar-refractivity contribution in [3.05, 3.63) is 66.2 Å². The molecule has 120 valence electrons. The van der Waals surface area contributed by atoms with Crippen molar-refractivity contribution in [1.29, 1.82) is 0 Å². The molecule has 2 unspecified atom stereocenters. The molecule has 0 aromatic heterocycles. The van der Waals surface area contributed by atoms with Crippen molar-refractivity contribution in [2.24, 2.45) is 5.92 Å². The molecule has 1 N–H and O–H groups in total. The third-order valence-electron chi connectivity index (χ3n) is 3.87. The van der Waals surface area contributed by atoms with E-state index in [2.05, 4.69) is 4.72 Å². The van der Waals surface area contributed by atoms with Gasteiger partial charge < -0.3 is 4.74 Å². The minimum Gasteiger partial charge on any atom is -0.465 e. The molecule has 3 rings (SSSR count). The fraction of sp³-hybridized carbons (Fsp3) is 0.235. The maximum absolute atomic E-state index is 12.6. The summed E-state index contributed by atoms with van der Waals surface area (Å²) in [5.74, 6) is -0.884. The molecule has 23 heavy (non-hydrogen) atoms. The molecule has 1 aliphatic heterocycles. The number of carbonyl (C=O) groups excluding carboxylic acids is 1. The quantitative estimate of drug-likeness (QED) is 0.853. The van der Waals surface area contributed by atoms with Gasteiger partial charge in [-0.15, -0.1) is 0 Å². The predicted octanol–water partition coefficient (Wildman–Crippen LogP) is 2.27. The van der Waals surface area contributed by atoms with E-state index in [1.807, 2.05) is 30.3 Å². The van der Waals surface area contributed by atoms with Crippen molar-refractivity contribution in [2.75, 3.05) is 6.61 Å². The monoisotopic (exact) mass is 331 g/mol. The van der Waals surface area contributed by atoms with E-state index < -0.39 is 22.0 Å². The lowest BCUT2D eigenvalue weighted by Crippen LogP contribution is -2.35. The molecule has 5 nitrogen and oxygen atoms in total. The first-order chi connectivity index (χ1) is 11.1. The zero-order valence-electron chi connectivity index (χ0n) is 12.4. The van der Waals surface area contributed by atoms with Crippen LogP contribution in [0.5, 0.6) is 0 Å². The van der Waals surface area contributed by atoms with E-state index in [0.717, 1.165) is 5.56 Å². The van der Waals surface area contributed by atoms with Crippen LogP contribution in [0.15, 0.2) is 65.6 Å². The predicted molar refractivity (Wildman–Crippen MR) is 85.0 cm³/mol.